The summed E-state index contributed by atoms with van der Waals surface area (Å²) < 4.78 is 1.21. The molecule has 1 N–H and O–H groups in total. The lowest BCUT2D eigenvalue weighted by molar-refractivity contribution is 0.885. The van der Waals surface area contributed by atoms with Crippen molar-refractivity contribution in [1.82, 2.24) is 4.98 Å². The SMILES string of the molecule is Cc1nc2ccc(NC(C)c3ccccc3Cl)cc2s1. The van der Waals surface area contributed by atoms with E-state index in [0.717, 1.165) is 26.8 Å². The summed E-state index contributed by atoms with van der Waals surface area (Å²) in [6.45, 7) is 4.15. The predicted molar refractivity (Wildman–Crippen MR) is 87.8 cm³/mol. The van der Waals surface area contributed by atoms with Crippen molar-refractivity contribution in [2.24, 2.45) is 0 Å². The van der Waals surface area contributed by atoms with E-state index in [1.54, 1.807) is 11.3 Å². The Labute approximate surface area is 127 Å². The van der Waals surface area contributed by atoms with Crippen molar-refractivity contribution < 1.29 is 0 Å². The van der Waals surface area contributed by atoms with Crippen LogP contribution >= 0.6 is 22.9 Å². The second-order valence-electron chi connectivity index (χ2n) is 4.80. The van der Waals surface area contributed by atoms with Crippen LogP contribution in [0, 0.1) is 6.92 Å². The van der Waals surface area contributed by atoms with Crippen molar-refractivity contribution in [2.45, 2.75) is 19.9 Å². The summed E-state index contributed by atoms with van der Waals surface area (Å²) >= 11 is 7.95. The van der Waals surface area contributed by atoms with Gasteiger partial charge in [0.25, 0.3) is 0 Å². The minimum Gasteiger partial charge on any atom is -0.378 e. The lowest BCUT2D eigenvalue weighted by atomic mass is 10.1. The molecule has 2 aromatic carbocycles. The molecule has 0 radical (unpaired) electrons. The van der Waals surface area contributed by atoms with Gasteiger partial charge in [0.15, 0.2) is 0 Å². The molecular formula is C16H15ClN2S. The highest BCUT2D eigenvalue weighted by atomic mass is 35.5. The van der Waals surface area contributed by atoms with Crippen molar-refractivity contribution in [3.8, 4) is 0 Å². The molecule has 3 aromatic rings. The highest BCUT2D eigenvalue weighted by molar-refractivity contribution is 7.18. The van der Waals surface area contributed by atoms with Gasteiger partial charge < -0.3 is 5.32 Å². The van der Waals surface area contributed by atoms with E-state index in [0.29, 0.717) is 0 Å². The van der Waals surface area contributed by atoms with Gasteiger partial charge >= 0.3 is 0 Å². The standard InChI is InChI=1S/C16H15ClN2S/c1-10(13-5-3-4-6-14(13)17)18-12-7-8-15-16(9-12)20-11(2)19-15/h3-10,18H,1-2H3. The van der Waals surface area contributed by atoms with E-state index in [9.17, 15) is 0 Å². The molecule has 0 spiro atoms. The van der Waals surface area contributed by atoms with Gasteiger partial charge in [0.1, 0.15) is 0 Å². The first-order valence-electron chi connectivity index (χ1n) is 6.51. The number of thiazole rings is 1. The number of benzene rings is 2. The topological polar surface area (TPSA) is 24.9 Å². The molecule has 0 bridgehead atoms. The Bertz CT molecular complexity index is 751. The van der Waals surface area contributed by atoms with Crippen LogP contribution in [0.4, 0.5) is 5.69 Å². The van der Waals surface area contributed by atoms with Gasteiger partial charge in [-0.2, -0.15) is 0 Å². The summed E-state index contributed by atoms with van der Waals surface area (Å²) in [6, 6.07) is 14.4. The fraction of sp³-hybridized carbons (Fsp3) is 0.188. The fourth-order valence-electron chi connectivity index (χ4n) is 2.28. The van der Waals surface area contributed by atoms with Gasteiger partial charge in [-0.15, -0.1) is 11.3 Å². The quantitative estimate of drug-likeness (QED) is 0.697. The van der Waals surface area contributed by atoms with Crippen LogP contribution in [0.25, 0.3) is 10.2 Å². The Morgan fingerprint density at radius 2 is 2.00 bits per heavy atom. The Balaban J connectivity index is 1.87. The number of aryl methyl sites for hydroxylation is 1. The van der Waals surface area contributed by atoms with Crippen molar-refractivity contribution in [2.75, 3.05) is 5.32 Å². The third kappa shape index (κ3) is 2.65. The molecule has 3 rings (SSSR count). The molecule has 0 fully saturated rings. The number of halogens is 1. The maximum atomic E-state index is 6.24. The average Bonchev–Trinajstić information content (AvgIpc) is 2.78. The molecule has 0 aliphatic carbocycles. The highest BCUT2D eigenvalue weighted by Gasteiger charge is 2.09. The molecule has 1 aromatic heterocycles. The van der Waals surface area contributed by atoms with E-state index < -0.39 is 0 Å². The van der Waals surface area contributed by atoms with Crippen molar-refractivity contribution in [3.05, 3.63) is 58.1 Å². The van der Waals surface area contributed by atoms with E-state index in [2.05, 4.69) is 41.5 Å². The summed E-state index contributed by atoms with van der Waals surface area (Å²) in [5.41, 5.74) is 3.26. The van der Waals surface area contributed by atoms with Crippen molar-refractivity contribution >= 4 is 38.8 Å². The normalized spacial score (nSPS) is 12.6. The summed E-state index contributed by atoms with van der Waals surface area (Å²) in [5.74, 6) is 0. The Morgan fingerprint density at radius 3 is 2.80 bits per heavy atom. The molecule has 1 atom stereocenters. The van der Waals surface area contributed by atoms with E-state index in [4.69, 9.17) is 11.6 Å². The molecule has 0 aliphatic rings. The maximum Gasteiger partial charge on any atom is 0.0907 e. The van der Waals surface area contributed by atoms with Gasteiger partial charge in [-0.25, -0.2) is 4.98 Å². The zero-order valence-electron chi connectivity index (χ0n) is 11.4. The summed E-state index contributed by atoms with van der Waals surface area (Å²) in [7, 11) is 0. The molecule has 0 aliphatic heterocycles. The van der Waals surface area contributed by atoms with Gasteiger partial charge in [-0.05, 0) is 43.7 Å². The fourth-order valence-corrected chi connectivity index (χ4v) is 3.45. The number of hydrogen-bond donors (Lipinski definition) is 1. The number of fused-ring (bicyclic) bond motifs is 1. The van der Waals surface area contributed by atoms with Crippen LogP contribution in [0.3, 0.4) is 0 Å². The lowest BCUT2D eigenvalue weighted by Crippen LogP contribution is -2.06. The Hall–Kier alpha value is -1.58. The Kier molecular flexibility index (Phi) is 3.64. The third-order valence-corrected chi connectivity index (χ3v) is 4.53. The van der Waals surface area contributed by atoms with Crippen LogP contribution in [0.1, 0.15) is 23.5 Å². The molecule has 1 heterocycles. The number of hydrogen-bond acceptors (Lipinski definition) is 3. The van der Waals surface area contributed by atoms with Gasteiger partial charge in [-0.3, -0.25) is 0 Å². The number of anilines is 1. The minimum absolute atomic E-state index is 0.162. The van der Waals surface area contributed by atoms with Crippen LogP contribution in [-0.4, -0.2) is 4.98 Å². The zero-order valence-corrected chi connectivity index (χ0v) is 12.9. The van der Waals surface area contributed by atoms with Gasteiger partial charge in [-0.1, -0.05) is 29.8 Å². The lowest BCUT2D eigenvalue weighted by Gasteiger charge is -2.17. The van der Waals surface area contributed by atoms with Crippen molar-refractivity contribution in [3.63, 3.8) is 0 Å². The minimum atomic E-state index is 0.162. The molecular weight excluding hydrogens is 288 g/mol. The third-order valence-electron chi connectivity index (χ3n) is 3.25. The van der Waals surface area contributed by atoms with Crippen LogP contribution in [-0.2, 0) is 0 Å². The molecule has 4 heteroatoms. The van der Waals surface area contributed by atoms with Crippen LogP contribution in [0.15, 0.2) is 42.5 Å². The molecule has 0 saturated carbocycles. The van der Waals surface area contributed by atoms with Crippen molar-refractivity contribution in [1.29, 1.82) is 0 Å². The average molecular weight is 303 g/mol. The summed E-state index contributed by atoms with van der Waals surface area (Å²) in [5, 5.41) is 5.38. The van der Waals surface area contributed by atoms with Crippen LogP contribution in [0.2, 0.25) is 5.02 Å². The maximum absolute atomic E-state index is 6.24. The first-order valence-corrected chi connectivity index (χ1v) is 7.71. The molecule has 20 heavy (non-hydrogen) atoms. The van der Waals surface area contributed by atoms with Gasteiger partial charge in [0.2, 0.25) is 0 Å². The highest BCUT2D eigenvalue weighted by Crippen LogP contribution is 2.29. The number of nitrogens with one attached hydrogen (secondary N) is 1. The van der Waals surface area contributed by atoms with Crippen LogP contribution in [0.5, 0.6) is 0 Å². The molecule has 102 valence electrons. The van der Waals surface area contributed by atoms with E-state index in [1.165, 1.54) is 4.70 Å². The summed E-state index contributed by atoms with van der Waals surface area (Å²) in [4.78, 5) is 4.48. The zero-order chi connectivity index (χ0) is 14.1. The Morgan fingerprint density at radius 1 is 1.20 bits per heavy atom. The number of aromatic nitrogens is 1. The monoisotopic (exact) mass is 302 g/mol. The van der Waals surface area contributed by atoms with E-state index in [1.807, 2.05) is 25.1 Å². The van der Waals surface area contributed by atoms with E-state index >= 15 is 0 Å². The first kappa shape index (κ1) is 13.4. The van der Waals surface area contributed by atoms with Gasteiger partial charge in [0, 0.05) is 16.8 Å². The smallest absolute Gasteiger partial charge is 0.0907 e. The predicted octanol–water partition coefficient (Wildman–Crippen LogP) is 5.43. The molecule has 0 saturated heterocycles. The molecule has 0 amide bonds. The molecule has 2 nitrogen and oxygen atoms in total. The number of rotatable bonds is 3. The number of nitrogens with zero attached hydrogens (tertiary/aromatic N) is 1. The van der Waals surface area contributed by atoms with Crippen LogP contribution < -0.4 is 5.32 Å². The first-order chi connectivity index (χ1) is 9.63. The van der Waals surface area contributed by atoms with E-state index in [-0.39, 0.29) is 6.04 Å². The second kappa shape index (κ2) is 5.43. The largest absolute Gasteiger partial charge is 0.378 e. The summed E-state index contributed by atoms with van der Waals surface area (Å²) in [6.07, 6.45) is 0. The van der Waals surface area contributed by atoms with Gasteiger partial charge in [0.05, 0.1) is 15.2 Å². The molecule has 1 unspecified atom stereocenters. The second-order valence-corrected chi connectivity index (χ2v) is 6.44.